The van der Waals surface area contributed by atoms with E-state index < -0.39 is 0 Å². The molecule has 2 fully saturated rings. The molecule has 0 radical (unpaired) electrons. The van der Waals surface area contributed by atoms with Gasteiger partial charge in [-0.15, -0.1) is 0 Å². The standard InChI is InChI=1S/C8H10FN.C8H17N.C6H14N2O/c9-8-3-1-2-7(6-8)4-5-10;9-8-6-4-2-1-3-5-7-8;7-1-2-8-3-5-9-6-4-8/h1-3,6H,4-5,10H2;8H,1-7,9H2;1-7H2. The van der Waals surface area contributed by atoms with E-state index in [1.54, 1.807) is 6.07 Å². The van der Waals surface area contributed by atoms with Crippen LogP contribution in [-0.2, 0) is 11.2 Å². The zero-order chi connectivity index (χ0) is 20.5. The maximum Gasteiger partial charge on any atom is 0.123 e. The topological polar surface area (TPSA) is 90.5 Å². The van der Waals surface area contributed by atoms with E-state index in [9.17, 15) is 4.39 Å². The van der Waals surface area contributed by atoms with Crippen molar-refractivity contribution in [3.8, 4) is 0 Å². The predicted molar refractivity (Wildman–Crippen MR) is 116 cm³/mol. The van der Waals surface area contributed by atoms with E-state index >= 15 is 0 Å². The summed E-state index contributed by atoms with van der Waals surface area (Å²) in [5, 5.41) is 0. The number of nitrogens with zero attached hydrogens (tertiary/aromatic N) is 1. The van der Waals surface area contributed by atoms with E-state index in [1.165, 1.54) is 57.1 Å². The third kappa shape index (κ3) is 13.2. The highest BCUT2D eigenvalue weighted by Gasteiger charge is 2.07. The minimum Gasteiger partial charge on any atom is -0.379 e. The highest BCUT2D eigenvalue weighted by Crippen LogP contribution is 2.15. The van der Waals surface area contributed by atoms with E-state index in [4.69, 9.17) is 21.9 Å². The Morgan fingerprint density at radius 1 is 0.964 bits per heavy atom. The minimum atomic E-state index is -0.189. The van der Waals surface area contributed by atoms with E-state index in [0.29, 0.717) is 12.6 Å². The van der Waals surface area contributed by atoms with Crippen LogP contribution in [0.2, 0.25) is 0 Å². The summed E-state index contributed by atoms with van der Waals surface area (Å²) in [7, 11) is 0. The first-order chi connectivity index (χ1) is 13.7. The van der Waals surface area contributed by atoms with Crippen LogP contribution in [0.25, 0.3) is 0 Å². The fourth-order valence-corrected chi connectivity index (χ4v) is 3.35. The third-order valence-electron chi connectivity index (χ3n) is 5.02. The predicted octanol–water partition coefficient (Wildman–Crippen LogP) is 2.66. The van der Waals surface area contributed by atoms with Crippen LogP contribution < -0.4 is 17.2 Å². The molecule has 0 amide bonds. The van der Waals surface area contributed by atoms with Gasteiger partial charge in [0.15, 0.2) is 0 Å². The van der Waals surface area contributed by atoms with Gasteiger partial charge in [0.2, 0.25) is 0 Å². The molecule has 6 N–H and O–H groups in total. The zero-order valence-corrected chi connectivity index (χ0v) is 17.5. The molecular weight excluding hydrogens is 355 g/mol. The summed E-state index contributed by atoms with van der Waals surface area (Å²) in [5.74, 6) is -0.189. The maximum atomic E-state index is 12.4. The molecule has 1 aromatic rings. The second-order valence-electron chi connectivity index (χ2n) is 7.52. The van der Waals surface area contributed by atoms with Gasteiger partial charge in [-0.3, -0.25) is 4.90 Å². The lowest BCUT2D eigenvalue weighted by Crippen LogP contribution is -2.39. The molecule has 6 heteroatoms. The molecule has 0 aromatic heterocycles. The van der Waals surface area contributed by atoms with Crippen molar-refractivity contribution >= 4 is 0 Å². The summed E-state index contributed by atoms with van der Waals surface area (Å²) in [4.78, 5) is 2.32. The van der Waals surface area contributed by atoms with Crippen molar-refractivity contribution in [2.24, 2.45) is 17.2 Å². The minimum absolute atomic E-state index is 0.189. The average molecular weight is 397 g/mol. The molecule has 1 aliphatic heterocycles. The molecule has 28 heavy (non-hydrogen) atoms. The van der Waals surface area contributed by atoms with Crippen LogP contribution in [0.5, 0.6) is 0 Å². The van der Waals surface area contributed by atoms with Crippen molar-refractivity contribution in [1.82, 2.24) is 4.90 Å². The van der Waals surface area contributed by atoms with Crippen LogP contribution in [0.15, 0.2) is 24.3 Å². The Balaban J connectivity index is 0.000000210. The highest BCUT2D eigenvalue weighted by molar-refractivity contribution is 5.16. The van der Waals surface area contributed by atoms with Gasteiger partial charge in [-0.2, -0.15) is 0 Å². The zero-order valence-electron chi connectivity index (χ0n) is 17.5. The molecule has 1 aliphatic carbocycles. The van der Waals surface area contributed by atoms with Crippen molar-refractivity contribution in [3.05, 3.63) is 35.6 Å². The quantitative estimate of drug-likeness (QED) is 0.728. The summed E-state index contributed by atoms with van der Waals surface area (Å²) in [5.41, 5.74) is 17.4. The second kappa shape index (κ2) is 16.9. The average Bonchev–Trinajstić information content (AvgIpc) is 2.67. The monoisotopic (exact) mass is 396 g/mol. The lowest BCUT2D eigenvalue weighted by Gasteiger charge is -2.25. The van der Waals surface area contributed by atoms with Crippen LogP contribution in [0.1, 0.15) is 50.5 Å². The Bertz CT molecular complexity index is 473. The van der Waals surface area contributed by atoms with Crippen LogP contribution in [0, 0.1) is 5.82 Å². The summed E-state index contributed by atoms with van der Waals surface area (Å²) in [6.45, 7) is 6.21. The summed E-state index contributed by atoms with van der Waals surface area (Å²) in [6, 6.07) is 7.02. The Labute approximate surface area is 170 Å². The van der Waals surface area contributed by atoms with Crippen LogP contribution in [0.3, 0.4) is 0 Å². The first-order valence-corrected chi connectivity index (χ1v) is 10.9. The number of hydrogen-bond acceptors (Lipinski definition) is 5. The van der Waals surface area contributed by atoms with Gasteiger partial charge in [-0.25, -0.2) is 4.39 Å². The van der Waals surface area contributed by atoms with Crippen LogP contribution in [-0.4, -0.2) is 56.9 Å². The Kier molecular flexibility index (Phi) is 15.0. The number of benzene rings is 1. The molecule has 1 aromatic carbocycles. The van der Waals surface area contributed by atoms with Crippen molar-refractivity contribution in [2.45, 2.75) is 57.4 Å². The van der Waals surface area contributed by atoms with Crippen molar-refractivity contribution in [2.75, 3.05) is 45.9 Å². The van der Waals surface area contributed by atoms with Gasteiger partial charge >= 0.3 is 0 Å². The number of halogens is 1. The molecular formula is C22H41FN4O. The number of rotatable bonds is 4. The number of hydrogen-bond donors (Lipinski definition) is 3. The van der Waals surface area contributed by atoms with Gasteiger partial charge < -0.3 is 21.9 Å². The van der Waals surface area contributed by atoms with Gasteiger partial charge in [0, 0.05) is 32.2 Å². The van der Waals surface area contributed by atoms with Gasteiger partial charge in [0.1, 0.15) is 5.82 Å². The van der Waals surface area contributed by atoms with Gasteiger partial charge in [-0.1, -0.05) is 44.2 Å². The summed E-state index contributed by atoms with van der Waals surface area (Å²) >= 11 is 0. The highest BCUT2D eigenvalue weighted by atomic mass is 19.1. The lowest BCUT2D eigenvalue weighted by molar-refractivity contribution is 0.0394. The molecule has 0 unspecified atom stereocenters. The Hall–Kier alpha value is -1.05. The van der Waals surface area contributed by atoms with Gasteiger partial charge in [0.25, 0.3) is 0 Å². The molecule has 0 atom stereocenters. The first-order valence-electron chi connectivity index (χ1n) is 10.9. The molecule has 1 saturated heterocycles. The summed E-state index contributed by atoms with van der Waals surface area (Å²) < 4.78 is 17.6. The molecule has 2 aliphatic rings. The Morgan fingerprint density at radius 3 is 2.18 bits per heavy atom. The summed E-state index contributed by atoms with van der Waals surface area (Å²) in [6.07, 6.45) is 10.3. The second-order valence-corrected chi connectivity index (χ2v) is 7.52. The lowest BCUT2D eigenvalue weighted by atomic mass is 9.98. The van der Waals surface area contributed by atoms with Gasteiger partial charge in [0.05, 0.1) is 13.2 Å². The third-order valence-corrected chi connectivity index (χ3v) is 5.02. The maximum absolute atomic E-state index is 12.4. The molecule has 1 saturated carbocycles. The van der Waals surface area contributed by atoms with E-state index in [-0.39, 0.29) is 5.82 Å². The van der Waals surface area contributed by atoms with Crippen LogP contribution in [0.4, 0.5) is 4.39 Å². The number of ether oxygens (including phenoxy) is 1. The van der Waals surface area contributed by atoms with Gasteiger partial charge in [-0.05, 0) is 43.5 Å². The number of nitrogens with two attached hydrogens (primary N) is 3. The molecule has 0 bridgehead atoms. The SMILES string of the molecule is NC1CCCCCCC1.NCCN1CCOCC1.NCCc1cccc(F)c1. The molecule has 3 rings (SSSR count). The molecule has 162 valence electrons. The van der Waals surface area contributed by atoms with E-state index in [0.717, 1.165) is 51.4 Å². The van der Waals surface area contributed by atoms with E-state index in [1.807, 2.05) is 6.07 Å². The number of morpholine rings is 1. The fraction of sp³-hybridized carbons (Fsp3) is 0.727. The smallest absolute Gasteiger partial charge is 0.123 e. The van der Waals surface area contributed by atoms with Crippen LogP contribution >= 0.6 is 0 Å². The normalized spacial score (nSPS) is 18.7. The molecule has 1 heterocycles. The Morgan fingerprint density at radius 2 is 1.61 bits per heavy atom. The van der Waals surface area contributed by atoms with Crippen molar-refractivity contribution in [3.63, 3.8) is 0 Å². The first kappa shape index (κ1) is 25.0. The van der Waals surface area contributed by atoms with Crippen molar-refractivity contribution < 1.29 is 9.13 Å². The molecule has 5 nitrogen and oxygen atoms in total. The fourth-order valence-electron chi connectivity index (χ4n) is 3.35. The van der Waals surface area contributed by atoms with Crippen molar-refractivity contribution in [1.29, 1.82) is 0 Å². The van der Waals surface area contributed by atoms with E-state index in [2.05, 4.69) is 4.90 Å². The largest absolute Gasteiger partial charge is 0.379 e. The molecule has 0 spiro atoms.